The van der Waals surface area contributed by atoms with Crippen molar-refractivity contribution in [2.24, 2.45) is 10.9 Å². The largest absolute Gasteiger partial charge is 0.391 e. The van der Waals surface area contributed by atoms with Gasteiger partial charge in [0.05, 0.1) is 18.5 Å². The molecule has 1 aliphatic carbocycles. The van der Waals surface area contributed by atoms with Crippen molar-refractivity contribution in [3.63, 3.8) is 0 Å². The Morgan fingerprint density at radius 2 is 2.07 bits per heavy atom. The number of nitrogens with two attached hydrogens (primary N) is 1. The summed E-state index contributed by atoms with van der Waals surface area (Å²) in [5, 5.41) is 16.1. The van der Waals surface area contributed by atoms with Gasteiger partial charge in [-0.25, -0.2) is 4.39 Å². The average Bonchev–Trinajstić information content (AvgIpc) is 3.13. The number of ether oxygens (including phenoxy) is 1. The van der Waals surface area contributed by atoms with Gasteiger partial charge in [-0.3, -0.25) is 10.6 Å². The average molecular weight is 409 g/mol. The molecule has 1 aliphatic heterocycles. The molecular formula is C21H33FN4O3. The second-order valence-electron chi connectivity index (χ2n) is 8.19. The fourth-order valence-electron chi connectivity index (χ4n) is 3.88. The number of anilines is 1. The van der Waals surface area contributed by atoms with Crippen molar-refractivity contribution in [2.75, 3.05) is 25.1 Å². The van der Waals surface area contributed by atoms with Crippen LogP contribution in [0.3, 0.4) is 0 Å². The van der Waals surface area contributed by atoms with Crippen LogP contribution in [0.1, 0.15) is 57.4 Å². The van der Waals surface area contributed by atoms with E-state index in [0.717, 1.165) is 50.9 Å². The summed E-state index contributed by atoms with van der Waals surface area (Å²) in [6.45, 7) is 6.52. The minimum absolute atomic E-state index is 0.117. The van der Waals surface area contributed by atoms with Gasteiger partial charge in [0.1, 0.15) is 11.9 Å². The monoisotopic (exact) mass is 408 g/mol. The van der Waals surface area contributed by atoms with Crippen LogP contribution in [0.15, 0.2) is 23.4 Å². The van der Waals surface area contributed by atoms with Crippen LogP contribution in [0.4, 0.5) is 10.1 Å². The van der Waals surface area contributed by atoms with E-state index in [1.165, 1.54) is 6.07 Å². The zero-order valence-corrected chi connectivity index (χ0v) is 17.3. The zero-order chi connectivity index (χ0) is 20.8. The van der Waals surface area contributed by atoms with Crippen molar-refractivity contribution in [3.05, 3.63) is 29.6 Å². The van der Waals surface area contributed by atoms with Crippen LogP contribution in [-0.4, -0.2) is 54.1 Å². The van der Waals surface area contributed by atoms with Gasteiger partial charge in [0.25, 0.3) is 0 Å². The molecule has 2 aliphatic rings. The Balaban J connectivity index is 1.45. The van der Waals surface area contributed by atoms with Crippen molar-refractivity contribution in [2.45, 2.75) is 70.4 Å². The summed E-state index contributed by atoms with van der Waals surface area (Å²) >= 11 is 0. The number of hydrogen-bond donors (Lipinski definition) is 3. The maximum atomic E-state index is 14.5. The van der Waals surface area contributed by atoms with Crippen LogP contribution in [0.2, 0.25) is 0 Å². The highest BCUT2D eigenvalue weighted by atomic mass is 19.1. The first-order chi connectivity index (χ1) is 13.9. The summed E-state index contributed by atoms with van der Waals surface area (Å²) in [5.41, 5.74) is 7.50. The number of aliphatic hydroxyl groups excluding tert-OH is 1. The van der Waals surface area contributed by atoms with Crippen LogP contribution >= 0.6 is 0 Å². The molecule has 1 saturated carbocycles. The number of nitrogens with zero attached hydrogens (tertiary/aromatic N) is 2. The summed E-state index contributed by atoms with van der Waals surface area (Å²) in [5.74, 6) is -0.104. The molecule has 0 spiro atoms. The second kappa shape index (κ2) is 10.3. The van der Waals surface area contributed by atoms with Gasteiger partial charge in [0.2, 0.25) is 0 Å². The Morgan fingerprint density at radius 3 is 2.72 bits per heavy atom. The normalized spacial score (nSPS) is 24.0. The Bertz CT molecular complexity index is 689. The van der Waals surface area contributed by atoms with Gasteiger partial charge in [-0.05, 0) is 63.1 Å². The van der Waals surface area contributed by atoms with Crippen molar-refractivity contribution in [1.82, 2.24) is 4.90 Å². The molecule has 1 aromatic rings. The predicted octanol–water partition coefficient (Wildman–Crippen LogP) is 2.96. The quantitative estimate of drug-likeness (QED) is 0.452. The van der Waals surface area contributed by atoms with Gasteiger partial charge in [0, 0.05) is 25.2 Å². The Labute approximate surface area is 172 Å². The highest BCUT2D eigenvalue weighted by Gasteiger charge is 2.26. The molecule has 0 aromatic heterocycles. The van der Waals surface area contributed by atoms with Crippen molar-refractivity contribution in [3.8, 4) is 0 Å². The van der Waals surface area contributed by atoms with Crippen molar-refractivity contribution >= 4 is 11.4 Å². The lowest BCUT2D eigenvalue weighted by Gasteiger charge is -2.24. The van der Waals surface area contributed by atoms with Crippen molar-refractivity contribution < 1.29 is 19.1 Å². The number of nitrogens with one attached hydrogen (secondary N) is 1. The molecule has 29 heavy (non-hydrogen) atoms. The van der Waals surface area contributed by atoms with E-state index in [2.05, 4.69) is 15.4 Å². The molecule has 0 bridgehead atoms. The first-order valence-electron chi connectivity index (χ1n) is 10.5. The Morgan fingerprint density at radius 1 is 1.31 bits per heavy atom. The van der Waals surface area contributed by atoms with Gasteiger partial charge in [-0.1, -0.05) is 11.2 Å². The van der Waals surface area contributed by atoms with Gasteiger partial charge < -0.3 is 20.0 Å². The summed E-state index contributed by atoms with van der Waals surface area (Å²) < 4.78 is 20.1. The zero-order valence-electron chi connectivity index (χ0n) is 17.3. The number of rotatable bonds is 8. The Hall–Kier alpha value is -1.74. The third-order valence-corrected chi connectivity index (χ3v) is 5.47. The van der Waals surface area contributed by atoms with E-state index in [0.29, 0.717) is 18.0 Å². The number of aliphatic hydroxyl groups is 1. The fourth-order valence-corrected chi connectivity index (χ4v) is 3.88. The molecule has 1 saturated heterocycles. The summed E-state index contributed by atoms with van der Waals surface area (Å²) in [6.07, 6.45) is 3.44. The van der Waals surface area contributed by atoms with Crippen molar-refractivity contribution in [1.29, 1.82) is 0 Å². The van der Waals surface area contributed by atoms with E-state index >= 15 is 0 Å². The second-order valence-corrected chi connectivity index (χ2v) is 8.19. The molecule has 7 nitrogen and oxygen atoms in total. The number of halogens is 1. The maximum absolute atomic E-state index is 14.5. The third-order valence-electron chi connectivity index (χ3n) is 5.47. The van der Waals surface area contributed by atoms with E-state index in [9.17, 15) is 4.39 Å². The minimum Gasteiger partial charge on any atom is -0.391 e. The van der Waals surface area contributed by atoms with Crippen LogP contribution < -0.4 is 11.1 Å². The molecule has 3 rings (SSSR count). The maximum Gasteiger partial charge on any atom is 0.178 e. The lowest BCUT2D eigenvalue weighted by molar-refractivity contribution is -0.00747. The van der Waals surface area contributed by atoms with E-state index in [-0.39, 0.29) is 23.9 Å². The number of benzene rings is 1. The molecule has 2 atom stereocenters. The molecule has 0 amide bonds. The summed E-state index contributed by atoms with van der Waals surface area (Å²) in [4.78, 5) is 8.01. The number of hydrogen-bond acceptors (Lipinski definition) is 7. The molecule has 4 N–H and O–H groups in total. The van der Waals surface area contributed by atoms with E-state index < -0.39 is 6.35 Å². The van der Waals surface area contributed by atoms with Crippen LogP contribution in [0, 0.1) is 5.82 Å². The smallest absolute Gasteiger partial charge is 0.178 e. The highest BCUT2D eigenvalue weighted by molar-refractivity contribution is 5.84. The van der Waals surface area contributed by atoms with E-state index in [1.807, 2.05) is 13.8 Å². The van der Waals surface area contributed by atoms with Crippen LogP contribution in [0.25, 0.3) is 0 Å². The van der Waals surface area contributed by atoms with Crippen LogP contribution in [0.5, 0.6) is 0 Å². The highest BCUT2D eigenvalue weighted by Crippen LogP contribution is 2.34. The molecule has 2 fully saturated rings. The standard InChI is InChI=1S/C21H33FN4O3/c1-14(2)28-13-26-10-9-18(12-26)29-25-16-5-3-15(4-6-16)19-8-7-17(11-20(19)22)24-21(23)27/h7-8,11,14-15,18,21,24,27H,3-6,9-10,12-13,23H2,1-2H3. The molecule has 1 aromatic carbocycles. The molecular weight excluding hydrogens is 375 g/mol. The van der Waals surface area contributed by atoms with Gasteiger partial charge >= 0.3 is 0 Å². The summed E-state index contributed by atoms with van der Waals surface area (Å²) in [6, 6.07) is 4.90. The third kappa shape index (κ3) is 6.64. The summed E-state index contributed by atoms with van der Waals surface area (Å²) in [7, 11) is 0. The first-order valence-corrected chi connectivity index (χ1v) is 10.5. The molecule has 8 heteroatoms. The Kier molecular flexibility index (Phi) is 7.83. The number of likely N-dealkylation sites (tertiary alicyclic amines) is 1. The van der Waals surface area contributed by atoms with Crippen LogP contribution in [-0.2, 0) is 9.57 Å². The molecule has 1 heterocycles. The SMILES string of the molecule is CC(C)OCN1CCC(ON=C2CCC(c3ccc(NC(N)O)cc3F)CC2)C1. The van der Waals surface area contributed by atoms with Gasteiger partial charge in [-0.15, -0.1) is 0 Å². The lowest BCUT2D eigenvalue weighted by Crippen LogP contribution is -2.28. The predicted molar refractivity (Wildman–Crippen MR) is 111 cm³/mol. The van der Waals surface area contributed by atoms with E-state index in [4.69, 9.17) is 20.4 Å². The lowest BCUT2D eigenvalue weighted by atomic mass is 9.83. The molecule has 162 valence electrons. The minimum atomic E-state index is -1.21. The van der Waals surface area contributed by atoms with Gasteiger partial charge in [0.15, 0.2) is 6.35 Å². The molecule has 0 radical (unpaired) electrons. The topological polar surface area (TPSA) is 92.3 Å². The number of oxime groups is 1. The van der Waals surface area contributed by atoms with Gasteiger partial charge in [-0.2, -0.15) is 0 Å². The van der Waals surface area contributed by atoms with E-state index in [1.54, 1.807) is 12.1 Å². The first kappa shape index (κ1) is 22.0. The fraction of sp³-hybridized carbons (Fsp3) is 0.667. The molecule has 2 unspecified atom stereocenters.